The van der Waals surface area contributed by atoms with Crippen molar-refractivity contribution in [3.63, 3.8) is 0 Å². The van der Waals surface area contributed by atoms with Gasteiger partial charge in [0.2, 0.25) is 6.10 Å². The first kappa shape index (κ1) is 14.3. The van der Waals surface area contributed by atoms with Crippen LogP contribution in [0.5, 0.6) is 0 Å². The summed E-state index contributed by atoms with van der Waals surface area (Å²) in [6, 6.07) is 3.53. The lowest BCUT2D eigenvalue weighted by Gasteiger charge is -2.08. The molecule has 20 heavy (non-hydrogen) atoms. The van der Waals surface area contributed by atoms with Crippen LogP contribution in [0.1, 0.15) is 23.7 Å². The van der Waals surface area contributed by atoms with E-state index in [1.54, 1.807) is 6.92 Å². The first-order chi connectivity index (χ1) is 9.38. The molecule has 2 atom stereocenters. The van der Waals surface area contributed by atoms with Gasteiger partial charge in [-0.3, -0.25) is 10.1 Å². The van der Waals surface area contributed by atoms with Crippen molar-refractivity contribution in [3.05, 3.63) is 38.9 Å². The van der Waals surface area contributed by atoms with E-state index in [9.17, 15) is 19.7 Å². The number of rotatable bonds is 3. The standard InChI is InChI=1S/C12H10ClNO6/c1-6-4-10(12(16)19-6)20-11(15)8-5-7(13)2-3-9(8)14(17)18/h2-3,5-6,10H,4H2,1H3/t6-,10-/m0/s1. The highest BCUT2D eigenvalue weighted by Gasteiger charge is 2.36. The van der Waals surface area contributed by atoms with Crippen molar-refractivity contribution in [2.75, 3.05) is 0 Å². The number of carbonyl (C=O) groups excluding carboxylic acids is 2. The van der Waals surface area contributed by atoms with E-state index in [0.29, 0.717) is 0 Å². The molecule has 7 nitrogen and oxygen atoms in total. The number of cyclic esters (lactones) is 1. The SMILES string of the molecule is C[C@H]1C[C@H](OC(=O)c2cc(Cl)ccc2[N+](=O)[O-])C(=O)O1. The molecule has 0 radical (unpaired) electrons. The summed E-state index contributed by atoms with van der Waals surface area (Å²) in [6.45, 7) is 1.66. The highest BCUT2D eigenvalue weighted by Crippen LogP contribution is 2.25. The molecule has 1 aliphatic rings. The Hall–Kier alpha value is -2.15. The third kappa shape index (κ3) is 2.88. The van der Waals surface area contributed by atoms with Crippen LogP contribution in [0, 0.1) is 10.1 Å². The maximum absolute atomic E-state index is 11.9. The van der Waals surface area contributed by atoms with Crippen LogP contribution in [-0.4, -0.2) is 29.1 Å². The van der Waals surface area contributed by atoms with Crippen molar-refractivity contribution < 1.29 is 24.0 Å². The maximum Gasteiger partial charge on any atom is 0.347 e. The fourth-order valence-corrected chi connectivity index (χ4v) is 2.01. The first-order valence-corrected chi connectivity index (χ1v) is 6.11. The molecule has 0 saturated carbocycles. The zero-order valence-electron chi connectivity index (χ0n) is 10.4. The van der Waals surface area contributed by atoms with Crippen LogP contribution in [0.3, 0.4) is 0 Å². The molecule has 1 aromatic carbocycles. The Morgan fingerprint density at radius 1 is 1.55 bits per heavy atom. The Bertz CT molecular complexity index is 587. The normalized spacial score (nSPS) is 21.4. The van der Waals surface area contributed by atoms with Crippen molar-refractivity contribution in [2.24, 2.45) is 0 Å². The highest BCUT2D eigenvalue weighted by atomic mass is 35.5. The van der Waals surface area contributed by atoms with Gasteiger partial charge in [-0.2, -0.15) is 0 Å². The second-order valence-corrected chi connectivity index (χ2v) is 4.73. The number of nitro groups is 1. The molecule has 1 fully saturated rings. The van der Waals surface area contributed by atoms with Crippen LogP contribution >= 0.6 is 11.6 Å². The zero-order valence-corrected chi connectivity index (χ0v) is 11.1. The monoisotopic (exact) mass is 299 g/mol. The van der Waals surface area contributed by atoms with E-state index in [2.05, 4.69) is 0 Å². The third-order valence-electron chi connectivity index (χ3n) is 2.75. The number of esters is 2. The van der Waals surface area contributed by atoms with E-state index in [-0.39, 0.29) is 23.1 Å². The van der Waals surface area contributed by atoms with Crippen LogP contribution in [0.4, 0.5) is 5.69 Å². The summed E-state index contributed by atoms with van der Waals surface area (Å²) < 4.78 is 9.79. The summed E-state index contributed by atoms with van der Waals surface area (Å²) in [4.78, 5) is 33.4. The first-order valence-electron chi connectivity index (χ1n) is 5.74. The molecule has 2 rings (SSSR count). The lowest BCUT2D eigenvalue weighted by atomic mass is 10.1. The van der Waals surface area contributed by atoms with Crippen molar-refractivity contribution in [1.29, 1.82) is 0 Å². The minimum Gasteiger partial charge on any atom is -0.460 e. The Morgan fingerprint density at radius 2 is 2.25 bits per heavy atom. The summed E-state index contributed by atoms with van der Waals surface area (Å²) in [6.07, 6.45) is -1.18. The molecule has 1 aliphatic heterocycles. The van der Waals surface area contributed by atoms with Gasteiger partial charge in [0.15, 0.2) is 0 Å². The Labute approximate surface area is 118 Å². The van der Waals surface area contributed by atoms with Gasteiger partial charge in [0, 0.05) is 17.5 Å². The van der Waals surface area contributed by atoms with E-state index in [0.717, 1.165) is 12.1 Å². The molecule has 0 spiro atoms. The van der Waals surface area contributed by atoms with Gasteiger partial charge >= 0.3 is 11.9 Å². The number of nitro benzene ring substituents is 1. The van der Waals surface area contributed by atoms with Crippen LogP contribution in [0.25, 0.3) is 0 Å². The summed E-state index contributed by atoms with van der Waals surface area (Å²) in [7, 11) is 0. The molecule has 0 amide bonds. The zero-order chi connectivity index (χ0) is 14.9. The molecule has 0 unspecified atom stereocenters. The number of nitrogens with zero attached hydrogens (tertiary/aromatic N) is 1. The van der Waals surface area contributed by atoms with Gasteiger partial charge in [-0.15, -0.1) is 0 Å². The second-order valence-electron chi connectivity index (χ2n) is 4.30. The quantitative estimate of drug-likeness (QED) is 0.482. The lowest BCUT2D eigenvalue weighted by Crippen LogP contribution is -2.23. The fraction of sp³-hybridized carbons (Fsp3) is 0.333. The van der Waals surface area contributed by atoms with E-state index in [1.165, 1.54) is 6.07 Å². The predicted octanol–water partition coefficient (Wildman–Crippen LogP) is 2.11. The predicted molar refractivity (Wildman–Crippen MR) is 67.5 cm³/mol. The maximum atomic E-state index is 11.9. The molecule has 1 heterocycles. The summed E-state index contributed by atoms with van der Waals surface area (Å²) >= 11 is 5.71. The fourth-order valence-electron chi connectivity index (χ4n) is 1.84. The summed E-state index contributed by atoms with van der Waals surface area (Å²) in [5.74, 6) is -1.63. The smallest absolute Gasteiger partial charge is 0.347 e. The Balaban J connectivity index is 2.23. The Kier molecular flexibility index (Phi) is 3.89. The lowest BCUT2D eigenvalue weighted by molar-refractivity contribution is -0.385. The third-order valence-corrected chi connectivity index (χ3v) is 2.99. The van der Waals surface area contributed by atoms with E-state index in [4.69, 9.17) is 21.1 Å². The molecular weight excluding hydrogens is 290 g/mol. The number of carbonyl (C=O) groups is 2. The number of hydrogen-bond acceptors (Lipinski definition) is 6. The average Bonchev–Trinajstić information content (AvgIpc) is 2.67. The van der Waals surface area contributed by atoms with Gasteiger partial charge in [-0.1, -0.05) is 11.6 Å². The van der Waals surface area contributed by atoms with Crippen LogP contribution < -0.4 is 0 Å². The highest BCUT2D eigenvalue weighted by molar-refractivity contribution is 6.31. The molecule has 0 N–H and O–H groups in total. The topological polar surface area (TPSA) is 95.7 Å². The largest absolute Gasteiger partial charge is 0.460 e. The minimum absolute atomic E-state index is 0.157. The van der Waals surface area contributed by atoms with Crippen molar-refractivity contribution in [1.82, 2.24) is 0 Å². The van der Waals surface area contributed by atoms with E-state index in [1.807, 2.05) is 0 Å². The van der Waals surface area contributed by atoms with Gasteiger partial charge in [0.25, 0.3) is 5.69 Å². The molecule has 8 heteroatoms. The number of hydrogen-bond donors (Lipinski definition) is 0. The molecule has 1 aromatic rings. The van der Waals surface area contributed by atoms with Crippen molar-refractivity contribution in [3.8, 4) is 0 Å². The number of halogens is 1. The molecular formula is C12H10ClNO6. The summed E-state index contributed by atoms with van der Waals surface area (Å²) in [5, 5.41) is 11.0. The van der Waals surface area contributed by atoms with Gasteiger partial charge in [0.1, 0.15) is 11.7 Å². The van der Waals surface area contributed by atoms with Crippen molar-refractivity contribution in [2.45, 2.75) is 25.6 Å². The van der Waals surface area contributed by atoms with E-state index >= 15 is 0 Å². The summed E-state index contributed by atoms with van der Waals surface area (Å²) in [5.41, 5.74) is -0.728. The average molecular weight is 300 g/mol. The van der Waals surface area contributed by atoms with E-state index < -0.39 is 28.7 Å². The van der Waals surface area contributed by atoms with Crippen molar-refractivity contribution >= 4 is 29.2 Å². The van der Waals surface area contributed by atoms with Crippen LogP contribution in [0.15, 0.2) is 18.2 Å². The van der Waals surface area contributed by atoms with Gasteiger partial charge in [0.05, 0.1) is 4.92 Å². The van der Waals surface area contributed by atoms with Gasteiger partial charge in [-0.05, 0) is 19.1 Å². The molecule has 106 valence electrons. The molecule has 0 bridgehead atoms. The minimum atomic E-state index is -1.05. The van der Waals surface area contributed by atoms with Gasteiger partial charge < -0.3 is 9.47 Å². The van der Waals surface area contributed by atoms with Gasteiger partial charge in [-0.25, -0.2) is 9.59 Å². The molecule has 0 aromatic heterocycles. The van der Waals surface area contributed by atoms with Crippen LogP contribution in [-0.2, 0) is 14.3 Å². The molecule has 1 saturated heterocycles. The number of ether oxygens (including phenoxy) is 2. The molecule has 0 aliphatic carbocycles. The second kappa shape index (κ2) is 5.46. The Morgan fingerprint density at radius 3 is 2.80 bits per heavy atom. The van der Waals surface area contributed by atoms with Crippen LogP contribution in [0.2, 0.25) is 5.02 Å². The number of benzene rings is 1.